The van der Waals surface area contributed by atoms with E-state index in [1.54, 1.807) is 0 Å². The van der Waals surface area contributed by atoms with Crippen LogP contribution in [-0.4, -0.2) is 13.1 Å². The normalized spacial score (nSPS) is 28.7. The van der Waals surface area contributed by atoms with Gasteiger partial charge in [-0.15, -0.1) is 0 Å². The molecule has 16 heavy (non-hydrogen) atoms. The average Bonchev–Trinajstić information content (AvgIpc) is 2.52. The van der Waals surface area contributed by atoms with Crippen LogP contribution in [0.4, 0.5) is 0 Å². The van der Waals surface area contributed by atoms with Gasteiger partial charge in [0.15, 0.2) is 0 Å². The molecule has 3 unspecified atom stereocenters. The number of hydrogen-bond donors (Lipinski definition) is 1. The summed E-state index contributed by atoms with van der Waals surface area (Å²) in [4.78, 5) is 0. The second-order valence-electron chi connectivity index (χ2n) is 5.71. The van der Waals surface area contributed by atoms with E-state index < -0.39 is 0 Å². The van der Waals surface area contributed by atoms with Crippen molar-refractivity contribution in [3.8, 4) is 0 Å². The molecule has 1 saturated carbocycles. The van der Waals surface area contributed by atoms with Crippen LogP contribution in [0.5, 0.6) is 0 Å². The third-order valence-electron chi connectivity index (χ3n) is 4.38. The van der Waals surface area contributed by atoms with Gasteiger partial charge in [-0.3, -0.25) is 0 Å². The fraction of sp³-hybridized carbons (Fsp3) is 1.00. The molecule has 1 nitrogen and oxygen atoms in total. The minimum Gasteiger partial charge on any atom is -0.317 e. The summed E-state index contributed by atoms with van der Waals surface area (Å²) in [6, 6.07) is 0. The topological polar surface area (TPSA) is 12.0 Å². The van der Waals surface area contributed by atoms with E-state index in [1.807, 2.05) is 0 Å². The Morgan fingerprint density at radius 2 is 1.75 bits per heavy atom. The largest absolute Gasteiger partial charge is 0.317 e. The number of rotatable bonds is 6. The van der Waals surface area contributed by atoms with Crippen molar-refractivity contribution in [3.05, 3.63) is 0 Å². The summed E-state index contributed by atoms with van der Waals surface area (Å²) in [5.41, 5.74) is 0. The highest BCUT2D eigenvalue weighted by atomic mass is 14.8. The molecule has 1 aliphatic carbocycles. The number of hydrogen-bond acceptors (Lipinski definition) is 1. The smallest absolute Gasteiger partial charge is 0.00180 e. The molecular weight excluding hydrogens is 194 g/mol. The van der Waals surface area contributed by atoms with Crippen LogP contribution in [0.2, 0.25) is 0 Å². The van der Waals surface area contributed by atoms with E-state index in [4.69, 9.17) is 0 Å². The average molecular weight is 225 g/mol. The summed E-state index contributed by atoms with van der Waals surface area (Å²) in [6.45, 7) is 9.38. The van der Waals surface area contributed by atoms with Crippen LogP contribution in [0, 0.1) is 17.8 Å². The van der Waals surface area contributed by atoms with Crippen molar-refractivity contribution in [2.75, 3.05) is 13.1 Å². The van der Waals surface area contributed by atoms with Crippen LogP contribution in [0.25, 0.3) is 0 Å². The third-order valence-corrected chi connectivity index (χ3v) is 4.38. The highest BCUT2D eigenvalue weighted by Crippen LogP contribution is 2.33. The van der Waals surface area contributed by atoms with Crippen molar-refractivity contribution in [2.24, 2.45) is 17.8 Å². The minimum absolute atomic E-state index is 0.923. The molecule has 0 aliphatic heterocycles. The molecule has 0 aromatic rings. The van der Waals surface area contributed by atoms with Gasteiger partial charge in [-0.25, -0.2) is 0 Å². The Kier molecular flexibility index (Phi) is 7.11. The van der Waals surface area contributed by atoms with E-state index in [1.165, 1.54) is 51.5 Å². The van der Waals surface area contributed by atoms with Gasteiger partial charge in [0.25, 0.3) is 0 Å². The van der Waals surface area contributed by atoms with Crippen LogP contribution in [0.1, 0.15) is 65.7 Å². The van der Waals surface area contributed by atoms with Crippen molar-refractivity contribution < 1.29 is 0 Å². The Labute approximate surface area is 102 Å². The van der Waals surface area contributed by atoms with Gasteiger partial charge in [-0.1, -0.05) is 52.9 Å². The van der Waals surface area contributed by atoms with E-state index in [-0.39, 0.29) is 0 Å². The zero-order chi connectivity index (χ0) is 11.8. The van der Waals surface area contributed by atoms with Crippen molar-refractivity contribution in [2.45, 2.75) is 65.7 Å². The summed E-state index contributed by atoms with van der Waals surface area (Å²) >= 11 is 0. The molecule has 1 heteroatoms. The first-order valence-corrected chi connectivity index (χ1v) is 7.48. The minimum atomic E-state index is 0.923. The van der Waals surface area contributed by atoms with E-state index in [0.717, 1.165) is 24.3 Å². The molecule has 1 N–H and O–H groups in total. The van der Waals surface area contributed by atoms with Gasteiger partial charge < -0.3 is 5.32 Å². The second-order valence-corrected chi connectivity index (χ2v) is 5.71. The quantitative estimate of drug-likeness (QED) is 0.667. The molecule has 3 atom stereocenters. The highest BCUT2D eigenvalue weighted by Gasteiger charge is 2.24. The zero-order valence-electron chi connectivity index (χ0n) is 11.6. The fourth-order valence-electron chi connectivity index (χ4n) is 3.05. The van der Waals surface area contributed by atoms with Crippen LogP contribution < -0.4 is 5.32 Å². The molecule has 96 valence electrons. The van der Waals surface area contributed by atoms with Gasteiger partial charge in [0.2, 0.25) is 0 Å². The predicted octanol–water partition coefficient (Wildman–Crippen LogP) is 4.23. The van der Waals surface area contributed by atoms with Gasteiger partial charge in [0, 0.05) is 0 Å². The summed E-state index contributed by atoms with van der Waals surface area (Å²) in [5.74, 6) is 2.88. The Morgan fingerprint density at radius 3 is 2.38 bits per heavy atom. The molecule has 0 aromatic heterocycles. The van der Waals surface area contributed by atoms with E-state index in [0.29, 0.717) is 0 Å². The fourth-order valence-corrected chi connectivity index (χ4v) is 3.05. The summed E-state index contributed by atoms with van der Waals surface area (Å²) in [5, 5.41) is 3.57. The molecule has 1 rings (SSSR count). The van der Waals surface area contributed by atoms with Crippen LogP contribution in [0.3, 0.4) is 0 Å². The molecule has 0 saturated heterocycles. The van der Waals surface area contributed by atoms with Crippen LogP contribution in [0.15, 0.2) is 0 Å². The molecule has 0 aromatic carbocycles. The lowest BCUT2D eigenvalue weighted by atomic mass is 9.81. The lowest BCUT2D eigenvalue weighted by molar-refractivity contribution is 0.249. The first-order chi connectivity index (χ1) is 7.77. The maximum atomic E-state index is 3.57. The molecule has 0 amide bonds. The molecule has 1 aliphatic rings. The SMILES string of the molecule is CCNCC1CCCCCC1CC(C)CC. The van der Waals surface area contributed by atoms with Crippen LogP contribution >= 0.6 is 0 Å². The van der Waals surface area contributed by atoms with Gasteiger partial charge in [-0.2, -0.15) is 0 Å². The molecule has 0 radical (unpaired) electrons. The first kappa shape index (κ1) is 14.0. The van der Waals surface area contributed by atoms with Gasteiger partial charge in [0.05, 0.1) is 0 Å². The van der Waals surface area contributed by atoms with E-state index >= 15 is 0 Å². The maximum Gasteiger partial charge on any atom is -0.00180 e. The molecule has 1 fully saturated rings. The van der Waals surface area contributed by atoms with Gasteiger partial charge >= 0.3 is 0 Å². The summed E-state index contributed by atoms with van der Waals surface area (Å²) < 4.78 is 0. The number of nitrogens with one attached hydrogen (secondary N) is 1. The lowest BCUT2D eigenvalue weighted by Gasteiger charge is -2.27. The lowest BCUT2D eigenvalue weighted by Crippen LogP contribution is -2.28. The molecular formula is C15H31N. The van der Waals surface area contributed by atoms with Gasteiger partial charge in [-0.05, 0) is 43.7 Å². The van der Waals surface area contributed by atoms with Crippen molar-refractivity contribution in [3.63, 3.8) is 0 Å². The van der Waals surface area contributed by atoms with Crippen molar-refractivity contribution >= 4 is 0 Å². The monoisotopic (exact) mass is 225 g/mol. The molecule has 0 heterocycles. The first-order valence-electron chi connectivity index (χ1n) is 7.48. The Morgan fingerprint density at radius 1 is 1.06 bits per heavy atom. The Bertz CT molecular complexity index is 167. The highest BCUT2D eigenvalue weighted by molar-refractivity contribution is 4.77. The van der Waals surface area contributed by atoms with E-state index in [2.05, 4.69) is 26.1 Å². The zero-order valence-corrected chi connectivity index (χ0v) is 11.6. The van der Waals surface area contributed by atoms with Crippen LogP contribution in [-0.2, 0) is 0 Å². The maximum absolute atomic E-state index is 3.57. The standard InChI is InChI=1S/C15H31N/c1-4-13(3)11-14-9-7-6-8-10-15(14)12-16-5-2/h13-16H,4-12H2,1-3H3. The predicted molar refractivity (Wildman–Crippen MR) is 72.7 cm³/mol. The molecule has 0 bridgehead atoms. The van der Waals surface area contributed by atoms with Crippen molar-refractivity contribution in [1.29, 1.82) is 0 Å². The van der Waals surface area contributed by atoms with E-state index in [9.17, 15) is 0 Å². The van der Waals surface area contributed by atoms with Gasteiger partial charge in [0.1, 0.15) is 0 Å². The van der Waals surface area contributed by atoms with Crippen molar-refractivity contribution in [1.82, 2.24) is 5.32 Å². The third kappa shape index (κ3) is 4.86. The summed E-state index contributed by atoms with van der Waals surface area (Å²) in [7, 11) is 0. The molecule has 0 spiro atoms. The Balaban J connectivity index is 2.44. The second kappa shape index (κ2) is 8.11. The Hall–Kier alpha value is -0.0400. The summed E-state index contributed by atoms with van der Waals surface area (Å²) in [6.07, 6.45) is 10.2.